The maximum absolute atomic E-state index is 11.2. The normalized spacial score (nSPS) is 16.3. The maximum Gasteiger partial charge on any atom is 0.336 e. The minimum absolute atomic E-state index is 0.0790. The number of benzene rings is 2. The minimum atomic E-state index is -0.912. The maximum atomic E-state index is 11.2. The molecule has 0 saturated heterocycles. The predicted molar refractivity (Wildman–Crippen MR) is 92.5 cm³/mol. The molecule has 0 bridgehead atoms. The third kappa shape index (κ3) is 3.15. The van der Waals surface area contributed by atoms with Crippen molar-refractivity contribution >= 4 is 11.7 Å². The smallest absolute Gasteiger partial charge is 0.336 e. The van der Waals surface area contributed by atoms with Gasteiger partial charge in [-0.25, -0.2) is 4.79 Å². The number of para-hydroxylation sites is 2. The summed E-state index contributed by atoms with van der Waals surface area (Å²) in [5.41, 5.74) is 2.81. The summed E-state index contributed by atoms with van der Waals surface area (Å²) in [5, 5.41) is 9.23. The van der Waals surface area contributed by atoms with Crippen LogP contribution in [-0.2, 0) is 0 Å². The lowest BCUT2D eigenvalue weighted by atomic mass is 10.0. The highest BCUT2D eigenvalue weighted by molar-refractivity contribution is 5.91. The predicted octanol–water partition coefficient (Wildman–Crippen LogP) is 3.28. The summed E-state index contributed by atoms with van der Waals surface area (Å²) in [5.74, 6) is 0.610. The third-order valence-electron chi connectivity index (χ3n) is 4.20. The lowest BCUT2D eigenvalue weighted by Crippen LogP contribution is -2.41. The van der Waals surface area contributed by atoms with Crippen molar-refractivity contribution < 1.29 is 19.4 Å². The molecule has 0 amide bonds. The molecule has 0 unspecified atom stereocenters. The van der Waals surface area contributed by atoms with Crippen molar-refractivity contribution in [2.24, 2.45) is 0 Å². The fourth-order valence-electron chi connectivity index (χ4n) is 3.11. The van der Waals surface area contributed by atoms with Crippen LogP contribution in [0.15, 0.2) is 36.4 Å². The van der Waals surface area contributed by atoms with E-state index in [0.717, 1.165) is 18.0 Å². The standard InChI is InChI=1S/C19H21NO4/c1-12-8-14(9-13(2)18(12)19(21)22)23-11-15-10-20(3)16-6-4-5-7-17(16)24-15/h4-9,15H,10-11H2,1-3H3,(H,21,22)/t15-/m0/s1. The molecule has 5 nitrogen and oxygen atoms in total. The first-order valence-electron chi connectivity index (χ1n) is 7.90. The Labute approximate surface area is 141 Å². The van der Waals surface area contributed by atoms with E-state index >= 15 is 0 Å². The van der Waals surface area contributed by atoms with Crippen LogP contribution in [-0.4, -0.2) is 37.4 Å². The summed E-state index contributed by atoms with van der Waals surface area (Å²) in [4.78, 5) is 13.4. The van der Waals surface area contributed by atoms with Crippen molar-refractivity contribution in [2.75, 3.05) is 25.1 Å². The molecule has 1 heterocycles. The molecule has 2 aromatic rings. The Morgan fingerprint density at radius 3 is 2.62 bits per heavy atom. The fourth-order valence-corrected chi connectivity index (χ4v) is 3.11. The van der Waals surface area contributed by atoms with E-state index in [2.05, 4.69) is 4.90 Å². The number of anilines is 1. The van der Waals surface area contributed by atoms with Crippen molar-refractivity contribution in [3.8, 4) is 11.5 Å². The van der Waals surface area contributed by atoms with Gasteiger partial charge >= 0.3 is 5.97 Å². The van der Waals surface area contributed by atoms with Gasteiger partial charge in [-0.2, -0.15) is 0 Å². The van der Waals surface area contributed by atoms with Crippen LogP contribution in [0, 0.1) is 13.8 Å². The van der Waals surface area contributed by atoms with Crippen LogP contribution in [0.5, 0.6) is 11.5 Å². The molecule has 3 rings (SSSR count). The molecule has 2 aromatic carbocycles. The van der Waals surface area contributed by atoms with E-state index < -0.39 is 5.97 Å². The molecule has 0 saturated carbocycles. The van der Waals surface area contributed by atoms with Gasteiger partial charge in [0.15, 0.2) is 0 Å². The second-order valence-corrected chi connectivity index (χ2v) is 6.14. The molecule has 0 aromatic heterocycles. The van der Waals surface area contributed by atoms with Crippen LogP contribution in [0.3, 0.4) is 0 Å². The van der Waals surface area contributed by atoms with Crippen molar-refractivity contribution in [1.82, 2.24) is 0 Å². The Kier molecular flexibility index (Phi) is 4.34. The molecule has 1 N–H and O–H groups in total. The third-order valence-corrected chi connectivity index (χ3v) is 4.20. The zero-order valence-electron chi connectivity index (χ0n) is 14.1. The van der Waals surface area contributed by atoms with Gasteiger partial charge in [-0.15, -0.1) is 0 Å². The molecule has 126 valence electrons. The van der Waals surface area contributed by atoms with Crippen LogP contribution >= 0.6 is 0 Å². The van der Waals surface area contributed by atoms with E-state index in [0.29, 0.717) is 29.0 Å². The molecule has 0 aliphatic carbocycles. The van der Waals surface area contributed by atoms with Gasteiger partial charge in [0.1, 0.15) is 24.2 Å². The second kappa shape index (κ2) is 6.43. The number of nitrogens with zero attached hydrogens (tertiary/aromatic N) is 1. The molecular formula is C19H21NO4. The average Bonchev–Trinajstić information content (AvgIpc) is 2.52. The van der Waals surface area contributed by atoms with Crippen molar-refractivity contribution in [1.29, 1.82) is 0 Å². The van der Waals surface area contributed by atoms with E-state index in [1.165, 1.54) is 0 Å². The number of carboxylic acids is 1. The number of aromatic carboxylic acids is 1. The Hall–Kier alpha value is -2.69. The van der Waals surface area contributed by atoms with Gasteiger partial charge in [-0.3, -0.25) is 0 Å². The highest BCUT2D eigenvalue weighted by Crippen LogP contribution is 2.32. The van der Waals surface area contributed by atoms with Crippen molar-refractivity contribution in [3.63, 3.8) is 0 Å². The van der Waals surface area contributed by atoms with Crippen LogP contribution in [0.4, 0.5) is 5.69 Å². The van der Waals surface area contributed by atoms with Gasteiger partial charge in [-0.1, -0.05) is 12.1 Å². The first-order chi connectivity index (χ1) is 11.5. The summed E-state index contributed by atoms with van der Waals surface area (Å²) in [6, 6.07) is 11.4. The van der Waals surface area contributed by atoms with Crippen LogP contribution in [0.2, 0.25) is 0 Å². The molecule has 1 aliphatic heterocycles. The van der Waals surface area contributed by atoms with Crippen LogP contribution < -0.4 is 14.4 Å². The highest BCUT2D eigenvalue weighted by atomic mass is 16.5. The van der Waals surface area contributed by atoms with E-state index in [1.54, 1.807) is 26.0 Å². The molecule has 0 spiro atoms. The summed E-state index contributed by atoms with van der Waals surface area (Å²) >= 11 is 0. The Balaban J connectivity index is 1.70. The SMILES string of the molecule is Cc1cc(OC[C@@H]2CN(C)c3ccccc3O2)cc(C)c1C(=O)O. The second-order valence-electron chi connectivity index (χ2n) is 6.14. The van der Waals surface area contributed by atoms with Gasteiger partial charge in [0.2, 0.25) is 0 Å². The molecule has 1 aliphatic rings. The number of carboxylic acid groups (broad SMARTS) is 1. The van der Waals surface area contributed by atoms with Gasteiger partial charge in [0.25, 0.3) is 0 Å². The number of hydrogen-bond donors (Lipinski definition) is 1. The monoisotopic (exact) mass is 327 g/mol. The first-order valence-corrected chi connectivity index (χ1v) is 7.90. The number of hydrogen-bond acceptors (Lipinski definition) is 4. The fraction of sp³-hybridized carbons (Fsp3) is 0.316. The van der Waals surface area contributed by atoms with E-state index in [1.807, 2.05) is 31.3 Å². The largest absolute Gasteiger partial charge is 0.490 e. The van der Waals surface area contributed by atoms with Crippen molar-refractivity contribution in [3.05, 3.63) is 53.1 Å². The van der Waals surface area contributed by atoms with Gasteiger partial charge in [0.05, 0.1) is 17.8 Å². The summed E-state index contributed by atoms with van der Waals surface area (Å²) in [6.07, 6.45) is -0.0790. The van der Waals surface area contributed by atoms with Gasteiger partial charge < -0.3 is 19.5 Å². The lowest BCUT2D eigenvalue weighted by Gasteiger charge is -2.33. The summed E-state index contributed by atoms with van der Waals surface area (Å²) in [6.45, 7) is 4.71. The zero-order valence-corrected chi connectivity index (χ0v) is 14.1. The number of fused-ring (bicyclic) bond motifs is 1. The number of aryl methyl sites for hydroxylation is 2. The highest BCUT2D eigenvalue weighted by Gasteiger charge is 2.23. The average molecular weight is 327 g/mol. The Morgan fingerprint density at radius 1 is 1.29 bits per heavy atom. The Bertz CT molecular complexity index is 749. The number of rotatable bonds is 4. The van der Waals surface area contributed by atoms with Crippen molar-refractivity contribution in [2.45, 2.75) is 20.0 Å². The lowest BCUT2D eigenvalue weighted by molar-refractivity contribution is 0.0695. The Morgan fingerprint density at radius 2 is 1.96 bits per heavy atom. The minimum Gasteiger partial charge on any atom is -0.490 e. The van der Waals surface area contributed by atoms with Crippen LogP contribution in [0.1, 0.15) is 21.5 Å². The summed E-state index contributed by atoms with van der Waals surface area (Å²) < 4.78 is 11.8. The van der Waals surface area contributed by atoms with Crippen LogP contribution in [0.25, 0.3) is 0 Å². The quantitative estimate of drug-likeness (QED) is 0.934. The number of likely N-dealkylation sites (N-methyl/N-ethyl adjacent to an activating group) is 1. The van der Waals surface area contributed by atoms with E-state index in [9.17, 15) is 9.90 Å². The molecule has 5 heteroatoms. The molecule has 0 radical (unpaired) electrons. The van der Waals surface area contributed by atoms with Gasteiger partial charge in [0, 0.05) is 7.05 Å². The number of carbonyl (C=O) groups is 1. The topological polar surface area (TPSA) is 59.0 Å². The molecular weight excluding hydrogens is 306 g/mol. The summed E-state index contributed by atoms with van der Waals surface area (Å²) in [7, 11) is 2.03. The molecule has 0 fully saturated rings. The van der Waals surface area contributed by atoms with E-state index in [4.69, 9.17) is 9.47 Å². The van der Waals surface area contributed by atoms with Gasteiger partial charge in [-0.05, 0) is 49.2 Å². The van der Waals surface area contributed by atoms with E-state index in [-0.39, 0.29) is 6.10 Å². The first kappa shape index (κ1) is 16.2. The number of ether oxygens (including phenoxy) is 2. The zero-order chi connectivity index (χ0) is 17.3. The molecule has 24 heavy (non-hydrogen) atoms. The molecule has 1 atom stereocenters.